The summed E-state index contributed by atoms with van der Waals surface area (Å²) in [6.07, 6.45) is 1.76. The summed E-state index contributed by atoms with van der Waals surface area (Å²) in [6, 6.07) is 11.6. The average Bonchev–Trinajstić information content (AvgIpc) is 3.02. The molecule has 0 fully saturated rings. The Balaban J connectivity index is 1.98. The van der Waals surface area contributed by atoms with Gasteiger partial charge in [-0.3, -0.25) is 0 Å². The third kappa shape index (κ3) is 2.35. The summed E-state index contributed by atoms with van der Waals surface area (Å²) in [5, 5.41) is 1.93. The molecule has 0 amide bonds. The number of hydrogen-bond acceptors (Lipinski definition) is 4. The second kappa shape index (κ2) is 4.82. The number of benzene rings is 1. The first-order valence-corrected chi connectivity index (χ1v) is 6.74. The van der Waals surface area contributed by atoms with E-state index in [1.807, 2.05) is 48.7 Å². The molecule has 0 aliphatic carbocycles. The summed E-state index contributed by atoms with van der Waals surface area (Å²) in [5.41, 5.74) is 2.42. The van der Waals surface area contributed by atoms with E-state index in [1.165, 1.54) is 11.3 Å². The van der Waals surface area contributed by atoms with Crippen molar-refractivity contribution in [2.75, 3.05) is 0 Å². The van der Waals surface area contributed by atoms with Crippen molar-refractivity contribution in [1.29, 1.82) is 0 Å². The van der Waals surface area contributed by atoms with Crippen molar-refractivity contribution in [3.05, 3.63) is 63.5 Å². The Morgan fingerprint density at radius 1 is 1.21 bits per heavy atom. The maximum absolute atomic E-state index is 11.8. The van der Waals surface area contributed by atoms with Crippen LogP contribution in [0, 0.1) is 6.92 Å². The predicted octanol–water partition coefficient (Wildman–Crippen LogP) is 3.40. The number of hydrogen-bond donors (Lipinski definition) is 0. The van der Waals surface area contributed by atoms with Crippen LogP contribution in [0.4, 0.5) is 0 Å². The van der Waals surface area contributed by atoms with Crippen molar-refractivity contribution < 1.29 is 9.53 Å². The van der Waals surface area contributed by atoms with E-state index in [0.29, 0.717) is 11.6 Å². The molecule has 1 aromatic heterocycles. The predicted molar refractivity (Wildman–Crippen MR) is 76.1 cm³/mol. The largest absolute Gasteiger partial charge is 0.401 e. The molecule has 94 valence electrons. The standard InChI is InChI=1S/C15H11NO2S/c1-10-5-2-3-6-11(10)9-12-15(17)18-14(16-12)13-7-4-8-19-13/h2-9H,1H3/b12-9+. The molecule has 2 aromatic rings. The van der Waals surface area contributed by atoms with E-state index in [1.54, 1.807) is 6.08 Å². The molecule has 1 aliphatic rings. The molecule has 1 aliphatic heterocycles. The number of esters is 1. The Hall–Kier alpha value is -2.20. The Bertz CT molecular complexity index is 684. The van der Waals surface area contributed by atoms with Gasteiger partial charge in [0.25, 0.3) is 0 Å². The lowest BCUT2D eigenvalue weighted by atomic mass is 10.1. The normalized spacial score (nSPS) is 16.6. The summed E-state index contributed by atoms with van der Waals surface area (Å²) in [6.45, 7) is 2.00. The van der Waals surface area contributed by atoms with Crippen molar-refractivity contribution >= 4 is 29.3 Å². The summed E-state index contributed by atoms with van der Waals surface area (Å²) in [4.78, 5) is 16.9. The van der Waals surface area contributed by atoms with Crippen LogP contribution in [-0.4, -0.2) is 11.9 Å². The highest BCUT2D eigenvalue weighted by Crippen LogP contribution is 2.22. The molecule has 0 bridgehead atoms. The van der Waals surface area contributed by atoms with Gasteiger partial charge in [0.1, 0.15) is 0 Å². The van der Waals surface area contributed by atoms with Crippen LogP contribution >= 0.6 is 11.3 Å². The van der Waals surface area contributed by atoms with Gasteiger partial charge in [-0.05, 0) is 35.6 Å². The molecule has 2 heterocycles. The summed E-state index contributed by atoms with van der Waals surface area (Å²) >= 11 is 1.50. The van der Waals surface area contributed by atoms with Crippen LogP contribution in [-0.2, 0) is 9.53 Å². The van der Waals surface area contributed by atoms with Crippen LogP contribution in [0.2, 0.25) is 0 Å². The number of carbonyl (C=O) groups excluding carboxylic acids is 1. The molecule has 0 radical (unpaired) electrons. The molecule has 3 rings (SSSR count). The van der Waals surface area contributed by atoms with Crippen molar-refractivity contribution in [2.24, 2.45) is 4.99 Å². The minimum Gasteiger partial charge on any atom is -0.401 e. The molecule has 0 spiro atoms. The third-order valence-electron chi connectivity index (χ3n) is 2.83. The zero-order valence-electron chi connectivity index (χ0n) is 10.3. The third-order valence-corrected chi connectivity index (χ3v) is 3.69. The summed E-state index contributed by atoms with van der Waals surface area (Å²) in [7, 11) is 0. The van der Waals surface area contributed by atoms with Crippen LogP contribution in [0.1, 0.15) is 16.0 Å². The van der Waals surface area contributed by atoms with E-state index in [9.17, 15) is 4.79 Å². The fourth-order valence-corrected chi connectivity index (χ4v) is 2.46. The highest BCUT2D eigenvalue weighted by atomic mass is 32.1. The van der Waals surface area contributed by atoms with Gasteiger partial charge in [-0.2, -0.15) is 0 Å². The van der Waals surface area contributed by atoms with Crippen LogP contribution in [0.25, 0.3) is 6.08 Å². The molecule has 3 nitrogen and oxygen atoms in total. The molecule has 0 N–H and O–H groups in total. The molecule has 0 saturated heterocycles. The lowest BCUT2D eigenvalue weighted by Gasteiger charge is -1.98. The minimum absolute atomic E-state index is 0.345. The number of thiophene rings is 1. The second-order valence-corrected chi connectivity index (χ2v) is 5.12. The number of cyclic esters (lactones) is 1. The topological polar surface area (TPSA) is 38.7 Å². The van der Waals surface area contributed by atoms with E-state index in [-0.39, 0.29) is 0 Å². The van der Waals surface area contributed by atoms with Crippen molar-refractivity contribution in [1.82, 2.24) is 0 Å². The van der Waals surface area contributed by atoms with Gasteiger partial charge in [0, 0.05) is 0 Å². The number of ether oxygens (including phenoxy) is 1. The van der Waals surface area contributed by atoms with Crippen LogP contribution < -0.4 is 0 Å². The van der Waals surface area contributed by atoms with Gasteiger partial charge in [0.15, 0.2) is 5.70 Å². The van der Waals surface area contributed by atoms with Gasteiger partial charge in [-0.25, -0.2) is 9.79 Å². The molecular formula is C15H11NO2S. The zero-order chi connectivity index (χ0) is 13.2. The molecule has 1 aromatic carbocycles. The van der Waals surface area contributed by atoms with Gasteiger partial charge in [-0.1, -0.05) is 30.3 Å². The van der Waals surface area contributed by atoms with Crippen LogP contribution in [0.3, 0.4) is 0 Å². The molecule has 19 heavy (non-hydrogen) atoms. The van der Waals surface area contributed by atoms with Crippen molar-refractivity contribution in [2.45, 2.75) is 6.92 Å². The number of carbonyl (C=O) groups is 1. The van der Waals surface area contributed by atoms with Crippen molar-refractivity contribution in [3.8, 4) is 0 Å². The number of aryl methyl sites for hydroxylation is 1. The highest BCUT2D eigenvalue weighted by molar-refractivity contribution is 7.12. The van der Waals surface area contributed by atoms with E-state index in [0.717, 1.165) is 16.0 Å². The number of nitrogens with zero attached hydrogens (tertiary/aromatic N) is 1. The smallest absolute Gasteiger partial charge is 0.363 e. The SMILES string of the molecule is Cc1ccccc1/C=C1/N=C(c2cccs2)OC1=O. The fraction of sp³-hybridized carbons (Fsp3) is 0.0667. The van der Waals surface area contributed by atoms with Gasteiger partial charge in [0.2, 0.25) is 5.90 Å². The Morgan fingerprint density at radius 3 is 2.79 bits per heavy atom. The number of aliphatic imine (C=N–C) groups is 1. The number of rotatable bonds is 2. The lowest BCUT2D eigenvalue weighted by Crippen LogP contribution is -2.03. The van der Waals surface area contributed by atoms with Gasteiger partial charge in [0.05, 0.1) is 4.88 Å². The summed E-state index contributed by atoms with van der Waals surface area (Å²) in [5.74, 6) is -0.00788. The molecule has 0 saturated carbocycles. The molecule has 4 heteroatoms. The maximum Gasteiger partial charge on any atom is 0.363 e. The quantitative estimate of drug-likeness (QED) is 0.619. The maximum atomic E-state index is 11.8. The molecule has 0 unspecified atom stereocenters. The van der Waals surface area contributed by atoms with Crippen LogP contribution in [0.5, 0.6) is 0 Å². The second-order valence-electron chi connectivity index (χ2n) is 4.17. The monoisotopic (exact) mass is 269 g/mol. The first kappa shape index (κ1) is 11.9. The van der Waals surface area contributed by atoms with Gasteiger partial charge in [-0.15, -0.1) is 11.3 Å². The molecular weight excluding hydrogens is 258 g/mol. The highest BCUT2D eigenvalue weighted by Gasteiger charge is 2.24. The summed E-state index contributed by atoms with van der Waals surface area (Å²) < 4.78 is 5.18. The first-order valence-electron chi connectivity index (χ1n) is 5.86. The Kier molecular flexibility index (Phi) is 3.01. The first-order chi connectivity index (χ1) is 9.24. The van der Waals surface area contributed by atoms with E-state index >= 15 is 0 Å². The van der Waals surface area contributed by atoms with Crippen LogP contribution in [0.15, 0.2) is 52.5 Å². The zero-order valence-corrected chi connectivity index (χ0v) is 11.1. The van der Waals surface area contributed by atoms with E-state index < -0.39 is 5.97 Å². The van der Waals surface area contributed by atoms with Gasteiger partial charge >= 0.3 is 5.97 Å². The minimum atomic E-state index is -0.397. The average molecular weight is 269 g/mol. The van der Waals surface area contributed by atoms with E-state index in [4.69, 9.17) is 4.74 Å². The van der Waals surface area contributed by atoms with E-state index in [2.05, 4.69) is 4.99 Å². The Morgan fingerprint density at radius 2 is 2.05 bits per heavy atom. The van der Waals surface area contributed by atoms with Gasteiger partial charge < -0.3 is 4.74 Å². The fourth-order valence-electron chi connectivity index (χ4n) is 1.81. The Labute approximate surface area is 114 Å². The lowest BCUT2D eigenvalue weighted by molar-refractivity contribution is -0.129. The van der Waals surface area contributed by atoms with Crippen molar-refractivity contribution in [3.63, 3.8) is 0 Å². The molecule has 0 atom stereocenters.